The highest BCUT2D eigenvalue weighted by atomic mass is 79.9. The van der Waals surface area contributed by atoms with E-state index in [4.69, 9.17) is 32.7 Å². The Morgan fingerprint density at radius 3 is 2.43 bits per heavy atom. The van der Waals surface area contributed by atoms with Gasteiger partial charge in [0.15, 0.2) is 11.5 Å². The molecule has 35 heavy (non-hydrogen) atoms. The molecule has 1 N–H and O–H groups in total. The Hall–Kier alpha value is -2.98. The van der Waals surface area contributed by atoms with Gasteiger partial charge in [-0.15, -0.1) is 0 Å². The van der Waals surface area contributed by atoms with Crippen molar-refractivity contribution in [3.05, 3.63) is 90.9 Å². The molecule has 8 heteroatoms. The molecule has 0 radical (unpaired) electrons. The van der Waals surface area contributed by atoms with E-state index < -0.39 is 5.91 Å². The summed E-state index contributed by atoms with van der Waals surface area (Å²) in [6, 6.07) is 16.5. The maximum absolute atomic E-state index is 12.8. The van der Waals surface area contributed by atoms with Gasteiger partial charge in [-0.1, -0.05) is 47.5 Å². The molecule has 0 atom stereocenters. The number of nitriles is 1. The number of anilines is 1. The highest BCUT2D eigenvalue weighted by molar-refractivity contribution is 9.10. The minimum atomic E-state index is -0.487. The molecule has 3 aromatic carbocycles. The van der Waals surface area contributed by atoms with Crippen LogP contribution in [0.3, 0.4) is 0 Å². The summed E-state index contributed by atoms with van der Waals surface area (Å²) in [5.41, 5.74) is 3.94. The Morgan fingerprint density at radius 2 is 1.80 bits per heavy atom. The van der Waals surface area contributed by atoms with Gasteiger partial charge in [-0.05, 0) is 89.3 Å². The van der Waals surface area contributed by atoms with Gasteiger partial charge < -0.3 is 14.8 Å². The number of hydrogen-bond donors (Lipinski definition) is 1. The zero-order valence-electron chi connectivity index (χ0n) is 19.4. The number of amides is 1. The highest BCUT2D eigenvalue weighted by Crippen LogP contribution is 2.38. The lowest BCUT2D eigenvalue weighted by Crippen LogP contribution is -2.15. The molecule has 0 aromatic heterocycles. The molecule has 0 fully saturated rings. The van der Waals surface area contributed by atoms with Gasteiger partial charge in [0.2, 0.25) is 0 Å². The largest absolute Gasteiger partial charge is 0.490 e. The highest BCUT2D eigenvalue weighted by Gasteiger charge is 2.16. The van der Waals surface area contributed by atoms with E-state index in [0.717, 1.165) is 16.7 Å². The van der Waals surface area contributed by atoms with E-state index in [1.54, 1.807) is 24.3 Å². The zero-order chi connectivity index (χ0) is 25.5. The summed E-state index contributed by atoms with van der Waals surface area (Å²) >= 11 is 15.6. The Kier molecular flexibility index (Phi) is 9.22. The number of benzene rings is 3. The average Bonchev–Trinajstić information content (AvgIpc) is 2.81. The molecule has 0 aliphatic heterocycles. The molecule has 0 saturated heterocycles. The summed E-state index contributed by atoms with van der Waals surface area (Å²) in [6.45, 7) is 6.31. The summed E-state index contributed by atoms with van der Waals surface area (Å²) in [5.74, 6) is 0.480. The van der Waals surface area contributed by atoms with Gasteiger partial charge in [0.05, 0.1) is 21.1 Å². The first kappa shape index (κ1) is 26.6. The molecular formula is C27H23BrCl2N2O3. The minimum Gasteiger partial charge on any atom is -0.490 e. The first-order valence-electron chi connectivity index (χ1n) is 10.8. The van der Waals surface area contributed by atoms with Crippen LogP contribution in [0.5, 0.6) is 11.5 Å². The smallest absolute Gasteiger partial charge is 0.266 e. The van der Waals surface area contributed by atoms with E-state index in [1.807, 2.05) is 51.1 Å². The molecule has 3 aromatic rings. The van der Waals surface area contributed by atoms with Crippen LogP contribution in [0.2, 0.25) is 10.0 Å². The van der Waals surface area contributed by atoms with Crippen molar-refractivity contribution in [1.29, 1.82) is 5.26 Å². The van der Waals surface area contributed by atoms with Crippen LogP contribution in [0.15, 0.2) is 58.6 Å². The lowest BCUT2D eigenvalue weighted by molar-refractivity contribution is -0.112. The monoisotopic (exact) mass is 572 g/mol. The van der Waals surface area contributed by atoms with Gasteiger partial charge in [0.1, 0.15) is 18.2 Å². The predicted molar refractivity (Wildman–Crippen MR) is 144 cm³/mol. The number of aryl methyl sites for hydroxylation is 2. The van der Waals surface area contributed by atoms with Crippen molar-refractivity contribution >= 4 is 56.8 Å². The molecule has 0 aliphatic rings. The van der Waals surface area contributed by atoms with Crippen molar-refractivity contribution in [2.75, 3.05) is 11.9 Å². The van der Waals surface area contributed by atoms with Crippen molar-refractivity contribution in [3.8, 4) is 17.6 Å². The van der Waals surface area contributed by atoms with Gasteiger partial charge in [0, 0.05) is 5.69 Å². The fraction of sp³-hybridized carbons (Fsp3) is 0.185. The number of carbonyl (C=O) groups excluding carboxylic acids is 1. The summed E-state index contributed by atoms with van der Waals surface area (Å²) in [4.78, 5) is 12.8. The van der Waals surface area contributed by atoms with E-state index in [1.165, 1.54) is 6.08 Å². The standard InChI is InChI=1S/C27H23BrCl2N2O3/c1-4-34-24-13-19(10-20(14-31)27(33)32-25-16(2)6-5-7-17(25)3)11-21(28)26(24)35-15-18-8-9-22(29)23(30)12-18/h5-13H,4,15H2,1-3H3,(H,32,33)/b20-10-. The lowest BCUT2D eigenvalue weighted by atomic mass is 10.1. The van der Waals surface area contributed by atoms with Gasteiger partial charge >= 0.3 is 0 Å². The third kappa shape index (κ3) is 6.79. The first-order chi connectivity index (χ1) is 16.7. The molecule has 0 heterocycles. The minimum absolute atomic E-state index is 0.0357. The number of carbonyl (C=O) groups is 1. The molecule has 180 valence electrons. The van der Waals surface area contributed by atoms with Crippen molar-refractivity contribution in [2.24, 2.45) is 0 Å². The molecule has 0 spiro atoms. The molecule has 5 nitrogen and oxygen atoms in total. The van der Waals surface area contributed by atoms with Gasteiger partial charge in [-0.25, -0.2) is 0 Å². The second kappa shape index (κ2) is 12.1. The van der Waals surface area contributed by atoms with Gasteiger partial charge in [0.25, 0.3) is 5.91 Å². The average molecular weight is 574 g/mol. The topological polar surface area (TPSA) is 71.3 Å². The van der Waals surface area contributed by atoms with Crippen molar-refractivity contribution < 1.29 is 14.3 Å². The lowest BCUT2D eigenvalue weighted by Gasteiger charge is -2.15. The number of para-hydroxylation sites is 1. The summed E-state index contributed by atoms with van der Waals surface area (Å²) < 4.78 is 12.4. The van der Waals surface area contributed by atoms with E-state index in [2.05, 4.69) is 21.2 Å². The van der Waals surface area contributed by atoms with Crippen molar-refractivity contribution in [2.45, 2.75) is 27.4 Å². The van der Waals surface area contributed by atoms with E-state index >= 15 is 0 Å². The van der Waals surface area contributed by atoms with Crippen LogP contribution in [0.25, 0.3) is 6.08 Å². The third-order valence-corrected chi connectivity index (χ3v) is 6.42. The molecule has 0 bridgehead atoms. The van der Waals surface area contributed by atoms with E-state index in [-0.39, 0.29) is 12.2 Å². The van der Waals surface area contributed by atoms with Crippen LogP contribution in [-0.4, -0.2) is 12.5 Å². The SMILES string of the molecule is CCOc1cc(/C=C(/C#N)C(=O)Nc2c(C)cccc2C)cc(Br)c1OCc1ccc(Cl)c(Cl)c1. The fourth-order valence-corrected chi connectivity index (χ4v) is 4.26. The Labute approximate surface area is 223 Å². The number of ether oxygens (including phenoxy) is 2. The number of nitrogens with one attached hydrogen (secondary N) is 1. The summed E-state index contributed by atoms with van der Waals surface area (Å²) in [6.07, 6.45) is 1.51. The third-order valence-electron chi connectivity index (χ3n) is 5.09. The summed E-state index contributed by atoms with van der Waals surface area (Å²) in [7, 11) is 0. The number of rotatable bonds is 8. The van der Waals surface area contributed by atoms with Gasteiger partial charge in [-0.3, -0.25) is 4.79 Å². The molecular weight excluding hydrogens is 551 g/mol. The molecule has 0 saturated carbocycles. The van der Waals surface area contributed by atoms with Crippen LogP contribution in [0, 0.1) is 25.2 Å². The Morgan fingerprint density at radius 1 is 1.09 bits per heavy atom. The summed E-state index contributed by atoms with van der Waals surface area (Å²) in [5, 5.41) is 13.4. The van der Waals surface area contributed by atoms with Crippen molar-refractivity contribution in [3.63, 3.8) is 0 Å². The van der Waals surface area contributed by atoms with E-state index in [0.29, 0.717) is 43.9 Å². The Balaban J connectivity index is 1.87. The molecule has 0 unspecified atom stereocenters. The normalized spacial score (nSPS) is 11.1. The van der Waals surface area contributed by atoms with Crippen LogP contribution in [-0.2, 0) is 11.4 Å². The van der Waals surface area contributed by atoms with Crippen LogP contribution >= 0.6 is 39.1 Å². The van der Waals surface area contributed by atoms with Crippen molar-refractivity contribution in [1.82, 2.24) is 0 Å². The fourth-order valence-electron chi connectivity index (χ4n) is 3.37. The van der Waals surface area contributed by atoms with Crippen LogP contribution < -0.4 is 14.8 Å². The van der Waals surface area contributed by atoms with Crippen LogP contribution in [0.1, 0.15) is 29.2 Å². The number of nitrogens with zero attached hydrogens (tertiary/aromatic N) is 1. The number of halogens is 3. The predicted octanol–water partition coefficient (Wildman–Crippen LogP) is 7.90. The zero-order valence-corrected chi connectivity index (χ0v) is 22.5. The first-order valence-corrected chi connectivity index (χ1v) is 12.3. The second-order valence-electron chi connectivity index (χ2n) is 7.69. The maximum Gasteiger partial charge on any atom is 0.266 e. The quantitative estimate of drug-likeness (QED) is 0.219. The molecule has 3 rings (SSSR count). The molecule has 0 aliphatic carbocycles. The van der Waals surface area contributed by atoms with Crippen LogP contribution in [0.4, 0.5) is 5.69 Å². The molecule has 1 amide bonds. The number of hydrogen-bond acceptors (Lipinski definition) is 4. The maximum atomic E-state index is 12.8. The van der Waals surface area contributed by atoms with Gasteiger partial charge in [-0.2, -0.15) is 5.26 Å². The Bertz CT molecular complexity index is 1310. The van der Waals surface area contributed by atoms with E-state index in [9.17, 15) is 10.1 Å². The second-order valence-corrected chi connectivity index (χ2v) is 9.36.